The summed E-state index contributed by atoms with van der Waals surface area (Å²) >= 11 is 2.52. The summed E-state index contributed by atoms with van der Waals surface area (Å²) in [5.41, 5.74) is 1.77. The van der Waals surface area contributed by atoms with E-state index in [1.54, 1.807) is 14.2 Å². The van der Waals surface area contributed by atoms with Crippen molar-refractivity contribution in [3.63, 3.8) is 0 Å². The van der Waals surface area contributed by atoms with Gasteiger partial charge in [0.2, 0.25) is 0 Å². The molecule has 0 spiro atoms. The first-order chi connectivity index (χ1) is 19.7. The van der Waals surface area contributed by atoms with Crippen molar-refractivity contribution in [1.82, 2.24) is 20.4 Å². The van der Waals surface area contributed by atoms with Crippen molar-refractivity contribution in [3.8, 4) is 11.5 Å². The van der Waals surface area contributed by atoms with Crippen molar-refractivity contribution < 1.29 is 27.5 Å². The summed E-state index contributed by atoms with van der Waals surface area (Å²) in [6.07, 6.45) is 1.31. The Hall–Kier alpha value is -3.55. The second kappa shape index (κ2) is 14.4. The number of carbonyl (C=O) groups is 2. The van der Waals surface area contributed by atoms with Crippen LogP contribution in [0.3, 0.4) is 0 Å². The van der Waals surface area contributed by atoms with Crippen molar-refractivity contribution in [3.05, 3.63) is 79.7 Å². The number of hydrogen-bond donors (Lipinski definition) is 0. The summed E-state index contributed by atoms with van der Waals surface area (Å²) < 4.78 is 35.5. The molecule has 0 saturated carbocycles. The molecule has 13 heteroatoms. The second-order valence-corrected chi connectivity index (χ2v) is 13.9. The topological polar surface area (TPSA) is 138 Å². The fourth-order valence-corrected chi connectivity index (χ4v) is 7.13. The lowest BCUT2D eigenvalue weighted by Gasteiger charge is -2.02. The van der Waals surface area contributed by atoms with Crippen molar-refractivity contribution in [2.75, 3.05) is 25.7 Å². The number of rotatable bonds is 16. The molecule has 4 aromatic rings. The lowest BCUT2D eigenvalue weighted by molar-refractivity contribution is -0.118. The molecule has 0 aliphatic carbocycles. The Labute approximate surface area is 246 Å². The molecule has 0 unspecified atom stereocenters. The number of ketones is 2. The van der Waals surface area contributed by atoms with Gasteiger partial charge in [0.25, 0.3) is 0 Å². The lowest BCUT2D eigenvalue weighted by Crippen LogP contribution is -2.14. The number of nitrogens with zero attached hydrogens (tertiary/aromatic N) is 4. The molecular formula is C28H30N4O6S3. The fraction of sp³-hybridized carbons (Fsp3) is 0.357. The first kappa shape index (κ1) is 30.4. The van der Waals surface area contributed by atoms with Gasteiger partial charge in [0.15, 0.2) is 9.84 Å². The minimum atomic E-state index is -3.38. The number of hydrogen-bond acceptors (Lipinski definition) is 12. The third-order valence-corrected chi connectivity index (χ3v) is 9.71. The summed E-state index contributed by atoms with van der Waals surface area (Å²) in [4.78, 5) is 24.9. The zero-order valence-corrected chi connectivity index (χ0v) is 25.2. The highest BCUT2D eigenvalue weighted by Crippen LogP contribution is 2.18. The molecule has 0 atom stereocenters. The van der Waals surface area contributed by atoms with Crippen LogP contribution in [0.25, 0.3) is 0 Å². The third-order valence-electron chi connectivity index (χ3n) is 6.09. The van der Waals surface area contributed by atoms with Crippen molar-refractivity contribution in [2.24, 2.45) is 0 Å². The summed E-state index contributed by atoms with van der Waals surface area (Å²) in [6.45, 7) is 0. The fourth-order valence-electron chi connectivity index (χ4n) is 3.91. The lowest BCUT2D eigenvalue weighted by atomic mass is 10.1. The highest BCUT2D eigenvalue weighted by molar-refractivity contribution is 7.91. The average Bonchev–Trinajstić information content (AvgIpc) is 3.61. The van der Waals surface area contributed by atoms with Crippen LogP contribution >= 0.6 is 22.7 Å². The second-order valence-electron chi connectivity index (χ2n) is 9.31. The van der Waals surface area contributed by atoms with Gasteiger partial charge in [-0.15, -0.1) is 43.1 Å². The Balaban J connectivity index is 1.19. The molecule has 4 rings (SSSR count). The van der Waals surface area contributed by atoms with Crippen LogP contribution in [0, 0.1) is 0 Å². The number of methoxy groups -OCH3 is 2. The molecule has 216 valence electrons. The summed E-state index contributed by atoms with van der Waals surface area (Å²) in [7, 11) is -0.200. The average molecular weight is 615 g/mol. The van der Waals surface area contributed by atoms with Gasteiger partial charge in [-0.2, -0.15) is 0 Å². The van der Waals surface area contributed by atoms with Gasteiger partial charge in [0, 0.05) is 25.7 Å². The Morgan fingerprint density at radius 1 is 0.610 bits per heavy atom. The van der Waals surface area contributed by atoms with Crippen LogP contribution in [0.1, 0.15) is 31.2 Å². The summed E-state index contributed by atoms with van der Waals surface area (Å²) in [5.74, 6) is 1.31. The number of Topliss-reactive ketones (excluding diaryl/α,β-unsaturated/α-hetero) is 2. The van der Waals surface area contributed by atoms with E-state index in [2.05, 4.69) is 20.4 Å². The van der Waals surface area contributed by atoms with Crippen molar-refractivity contribution >= 4 is 44.1 Å². The molecule has 0 N–H and O–H groups in total. The van der Waals surface area contributed by atoms with Gasteiger partial charge in [0.1, 0.15) is 43.1 Å². The van der Waals surface area contributed by atoms with Gasteiger partial charge >= 0.3 is 0 Å². The van der Waals surface area contributed by atoms with Crippen LogP contribution < -0.4 is 9.47 Å². The molecule has 0 aliphatic rings. The number of aromatic nitrogens is 4. The largest absolute Gasteiger partial charge is 0.497 e. The Morgan fingerprint density at radius 2 is 0.976 bits per heavy atom. The van der Waals surface area contributed by atoms with E-state index in [0.717, 1.165) is 22.6 Å². The smallest absolute Gasteiger partial charge is 0.151 e. The molecule has 2 aromatic carbocycles. The van der Waals surface area contributed by atoms with Crippen LogP contribution in [0.5, 0.6) is 11.5 Å². The van der Waals surface area contributed by atoms with Gasteiger partial charge in [-0.25, -0.2) is 8.42 Å². The predicted molar refractivity (Wildman–Crippen MR) is 157 cm³/mol. The SMILES string of the molecule is COc1ccc(CC(=O)Cc2nnc(CCS(=O)(=O)CCc3nnc(CC(=O)Cc4ccc(OC)cc4)s3)s2)cc1. The van der Waals surface area contributed by atoms with Crippen molar-refractivity contribution in [1.29, 1.82) is 0 Å². The van der Waals surface area contributed by atoms with Crippen LogP contribution in [0.4, 0.5) is 0 Å². The molecule has 0 fully saturated rings. The third kappa shape index (κ3) is 9.80. The van der Waals surface area contributed by atoms with E-state index in [1.807, 2.05) is 48.5 Å². The number of benzene rings is 2. The zero-order valence-electron chi connectivity index (χ0n) is 22.7. The molecule has 41 heavy (non-hydrogen) atoms. The number of ether oxygens (including phenoxy) is 2. The quantitative estimate of drug-likeness (QED) is 0.185. The summed E-state index contributed by atoms with van der Waals surface area (Å²) in [5, 5.41) is 18.6. The zero-order chi connectivity index (χ0) is 29.2. The van der Waals surface area contributed by atoms with Crippen LogP contribution in [-0.2, 0) is 58.0 Å². The molecule has 0 amide bonds. The van der Waals surface area contributed by atoms with Gasteiger partial charge < -0.3 is 9.47 Å². The number of carbonyl (C=O) groups excluding carboxylic acids is 2. The Morgan fingerprint density at radius 3 is 1.34 bits per heavy atom. The molecular weight excluding hydrogens is 585 g/mol. The van der Waals surface area contributed by atoms with Crippen molar-refractivity contribution in [2.45, 2.75) is 38.5 Å². The molecule has 0 saturated heterocycles. The first-order valence-corrected chi connectivity index (χ1v) is 16.3. The van der Waals surface area contributed by atoms with E-state index in [4.69, 9.17) is 9.47 Å². The van der Waals surface area contributed by atoms with Crippen LogP contribution in [0.15, 0.2) is 48.5 Å². The van der Waals surface area contributed by atoms with E-state index in [-0.39, 0.29) is 61.6 Å². The van der Waals surface area contributed by atoms with Crippen LogP contribution in [0.2, 0.25) is 0 Å². The maximum atomic E-state index is 12.6. The highest BCUT2D eigenvalue weighted by Gasteiger charge is 2.17. The maximum absolute atomic E-state index is 12.6. The van der Waals surface area contributed by atoms with E-state index < -0.39 is 9.84 Å². The minimum Gasteiger partial charge on any atom is -0.497 e. The van der Waals surface area contributed by atoms with Gasteiger partial charge in [0.05, 0.1) is 38.6 Å². The molecule has 10 nitrogen and oxygen atoms in total. The predicted octanol–water partition coefficient (Wildman–Crippen LogP) is 3.32. The van der Waals surface area contributed by atoms with Gasteiger partial charge in [-0.3, -0.25) is 9.59 Å². The maximum Gasteiger partial charge on any atom is 0.151 e. The standard InChI is InChI=1S/C28H30N4O6S3/c1-37-23-7-3-19(4-8-23)15-21(33)17-27-31-29-25(39-27)11-13-41(35,36)14-12-26-30-32-28(40-26)18-22(34)16-20-5-9-24(38-2)10-6-20/h3-10H,11-18H2,1-2H3. The van der Waals surface area contributed by atoms with E-state index in [1.165, 1.54) is 22.7 Å². The minimum absolute atomic E-state index is 0.00403. The number of aryl methyl sites for hydroxylation is 2. The van der Waals surface area contributed by atoms with Gasteiger partial charge in [-0.1, -0.05) is 24.3 Å². The van der Waals surface area contributed by atoms with E-state index >= 15 is 0 Å². The molecule has 0 bridgehead atoms. The molecule has 0 radical (unpaired) electrons. The monoisotopic (exact) mass is 614 g/mol. The van der Waals surface area contributed by atoms with Gasteiger partial charge in [-0.05, 0) is 35.4 Å². The Bertz CT molecular complexity index is 1450. The summed E-state index contributed by atoms with van der Waals surface area (Å²) in [6, 6.07) is 14.6. The normalized spacial score (nSPS) is 11.4. The Kier molecular flexibility index (Phi) is 10.7. The highest BCUT2D eigenvalue weighted by atomic mass is 32.2. The molecule has 2 heterocycles. The molecule has 2 aromatic heterocycles. The first-order valence-electron chi connectivity index (χ1n) is 12.8. The van der Waals surface area contributed by atoms with Crippen LogP contribution in [-0.4, -0.2) is 66.1 Å². The van der Waals surface area contributed by atoms with E-state index in [0.29, 0.717) is 20.0 Å². The number of sulfone groups is 1. The molecule has 0 aliphatic heterocycles. The van der Waals surface area contributed by atoms with E-state index in [9.17, 15) is 18.0 Å².